The second-order valence-corrected chi connectivity index (χ2v) is 9.77. The van der Waals surface area contributed by atoms with Gasteiger partial charge >= 0.3 is 6.09 Å². The topological polar surface area (TPSA) is 108 Å². The quantitative estimate of drug-likeness (QED) is 0.129. The number of carbonyl (C=O) groups is 2. The minimum Gasteiger partial charge on any atom is -0.450 e. The van der Waals surface area contributed by atoms with Crippen LogP contribution < -0.4 is 10.6 Å². The molecule has 0 saturated carbocycles. The molecule has 1 unspecified atom stereocenters. The fourth-order valence-corrected chi connectivity index (χ4v) is 3.62. The van der Waals surface area contributed by atoms with E-state index in [0.29, 0.717) is 6.61 Å². The predicted octanol–water partition coefficient (Wildman–Crippen LogP) is 5.73. The van der Waals surface area contributed by atoms with Gasteiger partial charge in [-0.2, -0.15) is 0 Å². The van der Waals surface area contributed by atoms with Crippen molar-refractivity contribution in [1.29, 1.82) is 0 Å². The number of alkyl carbamates (subject to hydrolysis) is 1. The van der Waals surface area contributed by atoms with Crippen LogP contribution >= 0.6 is 8.38 Å². The lowest BCUT2D eigenvalue weighted by Crippen LogP contribution is -2.40. The summed E-state index contributed by atoms with van der Waals surface area (Å²) in [5, 5.41) is 4.73. The molecule has 0 aliphatic heterocycles. The molecule has 0 radical (unpaired) electrons. The van der Waals surface area contributed by atoms with Crippen molar-refractivity contribution in [3.63, 3.8) is 0 Å². The van der Waals surface area contributed by atoms with Crippen LogP contribution in [0.3, 0.4) is 0 Å². The van der Waals surface area contributed by atoms with E-state index < -0.39 is 26.2 Å². The van der Waals surface area contributed by atoms with Crippen LogP contribution in [-0.2, 0) is 9.53 Å². The number of nitrogens with one attached hydrogen (secondary N) is 2. The first-order valence-corrected chi connectivity index (χ1v) is 13.7. The molecule has 7 nitrogen and oxygen atoms in total. The maximum Gasteiger partial charge on any atom is 0.407 e. The van der Waals surface area contributed by atoms with E-state index in [-0.39, 0.29) is 6.54 Å². The highest BCUT2D eigenvalue weighted by Gasteiger charge is 2.15. The molecule has 2 amide bonds. The zero-order valence-corrected chi connectivity index (χ0v) is 20.8. The number of ether oxygens (including phenoxy) is 1. The zero-order valence-electron chi connectivity index (χ0n) is 19.9. The van der Waals surface area contributed by atoms with Gasteiger partial charge in [-0.1, -0.05) is 103 Å². The molecule has 0 aromatic carbocycles. The zero-order chi connectivity index (χ0) is 23.2. The molecule has 0 heterocycles. The molecule has 4 N–H and O–H groups in total. The van der Waals surface area contributed by atoms with Gasteiger partial charge in [-0.05, 0) is 13.3 Å². The van der Waals surface area contributed by atoms with Crippen LogP contribution in [-0.4, -0.2) is 40.7 Å². The first kappa shape index (κ1) is 30.1. The molecule has 184 valence electrons. The SMILES string of the molecule is CCCCCCCCCCCCCCCCCCOC(=O)NCC(=O)NC(C)P(O)O. The maximum atomic E-state index is 11.5. The van der Waals surface area contributed by atoms with Gasteiger partial charge in [0.05, 0.1) is 12.4 Å². The molecule has 0 aliphatic carbocycles. The summed E-state index contributed by atoms with van der Waals surface area (Å²) < 4.78 is 5.04. The molecule has 8 heteroatoms. The Balaban J connectivity index is 3.28. The third-order valence-electron chi connectivity index (χ3n) is 5.34. The monoisotopic (exact) mass is 462 g/mol. The maximum absolute atomic E-state index is 11.5. The third-order valence-corrected chi connectivity index (χ3v) is 6.16. The van der Waals surface area contributed by atoms with Gasteiger partial charge in [0, 0.05) is 0 Å². The summed E-state index contributed by atoms with van der Waals surface area (Å²) in [6.07, 6.45) is 20.1. The van der Waals surface area contributed by atoms with Gasteiger partial charge in [-0.25, -0.2) is 4.79 Å². The Morgan fingerprint density at radius 1 is 0.774 bits per heavy atom. The number of rotatable bonds is 21. The van der Waals surface area contributed by atoms with E-state index in [1.54, 1.807) is 0 Å². The Bertz CT molecular complexity index is 438. The van der Waals surface area contributed by atoms with Gasteiger partial charge in [0.2, 0.25) is 5.91 Å². The summed E-state index contributed by atoms with van der Waals surface area (Å²) in [6.45, 7) is 3.85. The van der Waals surface area contributed by atoms with Gasteiger partial charge in [0.15, 0.2) is 8.38 Å². The fraction of sp³-hybridized carbons (Fsp3) is 0.913. The normalized spacial score (nSPS) is 12.0. The summed E-state index contributed by atoms with van der Waals surface area (Å²) in [6, 6.07) is 0. The Morgan fingerprint density at radius 3 is 1.61 bits per heavy atom. The van der Waals surface area contributed by atoms with E-state index in [1.807, 2.05) is 0 Å². The van der Waals surface area contributed by atoms with Crippen molar-refractivity contribution in [1.82, 2.24) is 10.6 Å². The van der Waals surface area contributed by atoms with Crippen LogP contribution in [0.4, 0.5) is 4.79 Å². The van der Waals surface area contributed by atoms with E-state index in [1.165, 1.54) is 90.4 Å². The molecular formula is C23H47N2O5P. The minimum atomic E-state index is -2.22. The summed E-state index contributed by atoms with van der Waals surface area (Å²) in [5.74, 6) is -1.21. The second-order valence-electron chi connectivity index (χ2n) is 8.36. The minimum absolute atomic E-state index is 0.245. The summed E-state index contributed by atoms with van der Waals surface area (Å²) in [4.78, 5) is 40.9. The van der Waals surface area contributed by atoms with Crippen molar-refractivity contribution in [2.45, 2.75) is 122 Å². The molecule has 0 fully saturated rings. The average molecular weight is 463 g/mol. The van der Waals surface area contributed by atoms with E-state index in [4.69, 9.17) is 14.5 Å². The third kappa shape index (κ3) is 22.1. The van der Waals surface area contributed by atoms with Crippen molar-refractivity contribution in [3.8, 4) is 0 Å². The molecular weight excluding hydrogens is 415 g/mol. The van der Waals surface area contributed by atoms with Gasteiger partial charge in [0.1, 0.15) is 6.54 Å². The van der Waals surface area contributed by atoms with E-state index in [0.717, 1.165) is 19.3 Å². The smallest absolute Gasteiger partial charge is 0.407 e. The van der Waals surface area contributed by atoms with Gasteiger partial charge < -0.3 is 25.2 Å². The predicted molar refractivity (Wildman–Crippen MR) is 128 cm³/mol. The highest BCUT2D eigenvalue weighted by atomic mass is 31.2. The van der Waals surface area contributed by atoms with Gasteiger partial charge in [-0.3, -0.25) is 4.79 Å². The molecule has 0 spiro atoms. The molecule has 0 rings (SSSR count). The summed E-state index contributed by atoms with van der Waals surface area (Å²) in [7, 11) is -2.22. The molecule has 0 bridgehead atoms. The highest BCUT2D eigenvalue weighted by molar-refractivity contribution is 7.45. The van der Waals surface area contributed by atoms with Crippen LogP contribution in [0.25, 0.3) is 0 Å². The summed E-state index contributed by atoms with van der Waals surface area (Å²) in [5.41, 5.74) is 0. The summed E-state index contributed by atoms with van der Waals surface area (Å²) >= 11 is 0. The van der Waals surface area contributed by atoms with Crippen molar-refractivity contribution in [3.05, 3.63) is 0 Å². The van der Waals surface area contributed by atoms with E-state index >= 15 is 0 Å². The Kier molecular flexibility index (Phi) is 21.6. The number of carbonyl (C=O) groups excluding carboxylic acids is 2. The number of amides is 2. The van der Waals surface area contributed by atoms with Crippen LogP contribution in [0.15, 0.2) is 0 Å². The van der Waals surface area contributed by atoms with Crippen LogP contribution in [0.5, 0.6) is 0 Å². The number of hydrogen-bond acceptors (Lipinski definition) is 5. The average Bonchev–Trinajstić information content (AvgIpc) is 2.74. The van der Waals surface area contributed by atoms with Crippen LogP contribution in [0.2, 0.25) is 0 Å². The molecule has 0 aliphatic rings. The van der Waals surface area contributed by atoms with Crippen molar-refractivity contribution >= 4 is 20.4 Å². The molecule has 0 aromatic heterocycles. The molecule has 1 atom stereocenters. The number of hydrogen-bond donors (Lipinski definition) is 4. The van der Waals surface area contributed by atoms with Gasteiger partial charge in [-0.15, -0.1) is 0 Å². The first-order chi connectivity index (χ1) is 15.0. The van der Waals surface area contributed by atoms with Crippen LogP contribution in [0.1, 0.15) is 117 Å². The molecule has 31 heavy (non-hydrogen) atoms. The fourth-order valence-electron chi connectivity index (χ4n) is 3.36. The lowest BCUT2D eigenvalue weighted by molar-refractivity contribution is -0.120. The van der Waals surface area contributed by atoms with Gasteiger partial charge in [0.25, 0.3) is 0 Å². The number of unbranched alkanes of at least 4 members (excludes halogenated alkanes) is 15. The lowest BCUT2D eigenvalue weighted by Gasteiger charge is -2.14. The van der Waals surface area contributed by atoms with E-state index in [2.05, 4.69) is 17.6 Å². The highest BCUT2D eigenvalue weighted by Crippen LogP contribution is 2.27. The Hall–Kier alpha value is -0.910. The van der Waals surface area contributed by atoms with E-state index in [9.17, 15) is 9.59 Å². The Morgan fingerprint density at radius 2 is 1.19 bits per heavy atom. The van der Waals surface area contributed by atoms with Crippen molar-refractivity contribution in [2.75, 3.05) is 13.2 Å². The Labute approximate surface area is 191 Å². The second kappa shape index (κ2) is 22.3. The largest absolute Gasteiger partial charge is 0.450 e. The van der Waals surface area contributed by atoms with Crippen LogP contribution in [0, 0.1) is 0 Å². The molecule has 0 aromatic rings. The van der Waals surface area contributed by atoms with Crippen molar-refractivity contribution < 1.29 is 24.1 Å². The van der Waals surface area contributed by atoms with Crippen molar-refractivity contribution in [2.24, 2.45) is 0 Å². The first-order valence-electron chi connectivity index (χ1n) is 12.3. The standard InChI is InChI=1S/C23H47N2O5P/c1-3-4-5-6-7-8-9-10-11-12-13-14-15-16-17-18-19-30-23(27)24-20-22(26)25-21(2)31(28)29/h21,28-29H,3-20H2,1-2H3,(H,24,27)(H,25,26). The lowest BCUT2D eigenvalue weighted by atomic mass is 10.0. The molecule has 0 saturated heterocycles.